The van der Waals surface area contributed by atoms with Crippen molar-refractivity contribution >= 4 is 0 Å². The van der Waals surface area contributed by atoms with Crippen LogP contribution in [0.1, 0.15) is 32.4 Å². The Labute approximate surface area is 104 Å². The number of hydrogen-bond acceptors (Lipinski definition) is 3. The van der Waals surface area contributed by atoms with Crippen LogP contribution in [0.15, 0.2) is 18.3 Å². The molecule has 1 aliphatic rings. The summed E-state index contributed by atoms with van der Waals surface area (Å²) in [6.45, 7) is 7.31. The van der Waals surface area contributed by atoms with Crippen molar-refractivity contribution in [2.24, 2.45) is 5.92 Å². The van der Waals surface area contributed by atoms with Gasteiger partial charge in [0.15, 0.2) is 0 Å². The van der Waals surface area contributed by atoms with Crippen molar-refractivity contribution in [3.63, 3.8) is 0 Å². The quantitative estimate of drug-likeness (QED) is 0.821. The Kier molecular flexibility index (Phi) is 4.00. The summed E-state index contributed by atoms with van der Waals surface area (Å²) in [5.74, 6) is 1.41. The predicted octanol–water partition coefficient (Wildman–Crippen LogP) is 2.55. The van der Waals surface area contributed by atoms with Crippen LogP contribution in [0.3, 0.4) is 0 Å². The van der Waals surface area contributed by atoms with Gasteiger partial charge in [0.1, 0.15) is 11.9 Å². The van der Waals surface area contributed by atoms with Crippen LogP contribution < -0.4 is 10.1 Å². The molecule has 17 heavy (non-hydrogen) atoms. The van der Waals surface area contributed by atoms with E-state index in [0.717, 1.165) is 24.0 Å². The van der Waals surface area contributed by atoms with E-state index >= 15 is 0 Å². The lowest BCUT2D eigenvalue weighted by Gasteiger charge is -2.23. The second kappa shape index (κ2) is 5.50. The van der Waals surface area contributed by atoms with Crippen LogP contribution in [0.4, 0.5) is 0 Å². The van der Waals surface area contributed by atoms with E-state index in [4.69, 9.17) is 4.74 Å². The topological polar surface area (TPSA) is 34.1 Å². The highest BCUT2D eigenvalue weighted by Gasteiger charge is 2.24. The maximum atomic E-state index is 6.06. The smallest absolute Gasteiger partial charge is 0.140 e. The van der Waals surface area contributed by atoms with Crippen LogP contribution in [0.5, 0.6) is 5.75 Å². The van der Waals surface area contributed by atoms with Gasteiger partial charge >= 0.3 is 0 Å². The first-order valence-corrected chi connectivity index (χ1v) is 6.48. The van der Waals surface area contributed by atoms with Gasteiger partial charge in [-0.15, -0.1) is 0 Å². The Morgan fingerprint density at radius 2 is 2.24 bits per heavy atom. The number of ether oxygens (including phenoxy) is 1. The molecule has 3 nitrogen and oxygen atoms in total. The van der Waals surface area contributed by atoms with Crippen molar-refractivity contribution in [1.82, 2.24) is 10.3 Å². The Morgan fingerprint density at radius 3 is 2.82 bits per heavy atom. The summed E-state index contributed by atoms with van der Waals surface area (Å²) in [6.07, 6.45) is 4.65. The Balaban J connectivity index is 1.93. The summed E-state index contributed by atoms with van der Waals surface area (Å²) < 4.78 is 6.06. The van der Waals surface area contributed by atoms with Gasteiger partial charge in [0.25, 0.3) is 0 Å². The lowest BCUT2D eigenvalue weighted by Crippen LogP contribution is -2.36. The molecule has 0 amide bonds. The first-order chi connectivity index (χ1) is 8.16. The molecule has 1 saturated carbocycles. The largest absolute Gasteiger partial charge is 0.487 e. The zero-order valence-electron chi connectivity index (χ0n) is 10.9. The molecule has 3 heteroatoms. The molecule has 1 aliphatic carbocycles. The Morgan fingerprint density at radius 1 is 1.47 bits per heavy atom. The molecule has 0 spiro atoms. The average molecular weight is 234 g/mol. The molecule has 0 aliphatic heterocycles. The molecule has 94 valence electrons. The number of pyridine rings is 1. The molecule has 0 aromatic carbocycles. The van der Waals surface area contributed by atoms with Gasteiger partial charge in [-0.05, 0) is 37.8 Å². The maximum Gasteiger partial charge on any atom is 0.140 e. The normalized spacial score (nSPS) is 17.2. The molecule has 1 N–H and O–H groups in total. The minimum absolute atomic E-state index is 0.221. The molecule has 1 unspecified atom stereocenters. The van der Waals surface area contributed by atoms with Gasteiger partial charge in [0.05, 0.1) is 5.69 Å². The van der Waals surface area contributed by atoms with E-state index in [9.17, 15) is 0 Å². The summed E-state index contributed by atoms with van der Waals surface area (Å²) in [5, 5.41) is 3.53. The predicted molar refractivity (Wildman–Crippen MR) is 69.3 cm³/mol. The lowest BCUT2D eigenvalue weighted by molar-refractivity contribution is 0.147. The van der Waals surface area contributed by atoms with Gasteiger partial charge in [0.2, 0.25) is 0 Å². The lowest BCUT2D eigenvalue weighted by atomic mass is 10.1. The van der Waals surface area contributed by atoms with Gasteiger partial charge in [-0.3, -0.25) is 4.98 Å². The molecule has 1 aromatic heterocycles. The van der Waals surface area contributed by atoms with Crippen LogP contribution in [-0.2, 0) is 0 Å². The van der Waals surface area contributed by atoms with Gasteiger partial charge in [-0.25, -0.2) is 0 Å². The molecule has 2 rings (SSSR count). The second-order valence-corrected chi connectivity index (χ2v) is 5.17. The van der Waals surface area contributed by atoms with Crippen molar-refractivity contribution in [1.29, 1.82) is 0 Å². The van der Waals surface area contributed by atoms with Crippen LogP contribution in [0.25, 0.3) is 0 Å². The number of nitrogens with one attached hydrogen (secondary N) is 1. The molecule has 0 saturated heterocycles. The number of aromatic nitrogens is 1. The third kappa shape index (κ3) is 3.70. The summed E-state index contributed by atoms with van der Waals surface area (Å²) in [5.41, 5.74) is 0.963. The fourth-order valence-electron chi connectivity index (χ4n) is 1.74. The zero-order chi connectivity index (χ0) is 12.3. The molecule has 1 fully saturated rings. The fourth-order valence-corrected chi connectivity index (χ4v) is 1.74. The van der Waals surface area contributed by atoms with E-state index in [0.29, 0.717) is 5.92 Å². The van der Waals surface area contributed by atoms with Crippen LogP contribution in [-0.4, -0.2) is 23.7 Å². The summed E-state index contributed by atoms with van der Waals surface area (Å²) in [7, 11) is 0. The molecular weight excluding hydrogens is 212 g/mol. The number of aryl methyl sites for hydroxylation is 1. The van der Waals surface area contributed by atoms with Crippen molar-refractivity contribution in [2.75, 3.05) is 6.54 Å². The monoisotopic (exact) mass is 234 g/mol. The van der Waals surface area contributed by atoms with Crippen molar-refractivity contribution in [3.8, 4) is 5.75 Å². The first-order valence-electron chi connectivity index (χ1n) is 6.48. The van der Waals surface area contributed by atoms with Crippen LogP contribution in [0.2, 0.25) is 0 Å². The van der Waals surface area contributed by atoms with E-state index in [1.807, 2.05) is 19.1 Å². The third-order valence-corrected chi connectivity index (χ3v) is 3.17. The molecule has 1 aromatic rings. The molecule has 0 radical (unpaired) electrons. The van der Waals surface area contributed by atoms with Crippen molar-refractivity contribution < 1.29 is 4.74 Å². The number of hydrogen-bond donors (Lipinski definition) is 1. The van der Waals surface area contributed by atoms with Gasteiger partial charge < -0.3 is 10.1 Å². The minimum Gasteiger partial charge on any atom is -0.487 e. The standard InChI is InChI=1S/C14H22N2O/c1-10(2)14(9-16-12-6-7-12)17-13-5-4-8-15-11(13)3/h4-5,8,10,12,14,16H,6-7,9H2,1-3H3. The maximum absolute atomic E-state index is 6.06. The summed E-state index contributed by atoms with van der Waals surface area (Å²) in [6, 6.07) is 4.65. The van der Waals surface area contributed by atoms with E-state index in [1.165, 1.54) is 12.8 Å². The van der Waals surface area contributed by atoms with Crippen LogP contribution >= 0.6 is 0 Å². The molecule has 0 bridgehead atoms. The van der Waals surface area contributed by atoms with Crippen LogP contribution in [0, 0.1) is 12.8 Å². The van der Waals surface area contributed by atoms with E-state index in [-0.39, 0.29) is 6.10 Å². The second-order valence-electron chi connectivity index (χ2n) is 5.17. The molecule has 1 atom stereocenters. The Hall–Kier alpha value is -1.09. The van der Waals surface area contributed by atoms with Gasteiger partial charge in [-0.1, -0.05) is 13.8 Å². The van der Waals surface area contributed by atoms with Gasteiger partial charge in [0, 0.05) is 18.8 Å². The van der Waals surface area contributed by atoms with E-state index < -0.39 is 0 Å². The minimum atomic E-state index is 0.221. The fraction of sp³-hybridized carbons (Fsp3) is 0.643. The first kappa shape index (κ1) is 12.4. The van der Waals surface area contributed by atoms with E-state index in [1.54, 1.807) is 6.20 Å². The molecular formula is C14H22N2O. The highest BCUT2D eigenvalue weighted by atomic mass is 16.5. The Bertz CT molecular complexity index is 361. The summed E-state index contributed by atoms with van der Waals surface area (Å²) in [4.78, 5) is 4.25. The van der Waals surface area contributed by atoms with Gasteiger partial charge in [-0.2, -0.15) is 0 Å². The SMILES string of the molecule is Cc1ncccc1OC(CNC1CC1)C(C)C. The highest BCUT2D eigenvalue weighted by Crippen LogP contribution is 2.21. The average Bonchev–Trinajstić information content (AvgIpc) is 3.10. The highest BCUT2D eigenvalue weighted by molar-refractivity contribution is 5.25. The third-order valence-electron chi connectivity index (χ3n) is 3.17. The molecule has 1 heterocycles. The number of nitrogens with zero attached hydrogens (tertiary/aromatic N) is 1. The van der Waals surface area contributed by atoms with Crippen molar-refractivity contribution in [3.05, 3.63) is 24.0 Å². The van der Waals surface area contributed by atoms with Crippen molar-refractivity contribution in [2.45, 2.75) is 45.8 Å². The summed E-state index contributed by atoms with van der Waals surface area (Å²) >= 11 is 0. The van der Waals surface area contributed by atoms with E-state index in [2.05, 4.69) is 24.1 Å². The number of rotatable bonds is 6. The zero-order valence-corrected chi connectivity index (χ0v) is 10.9.